The Hall–Kier alpha value is -3.41. The summed E-state index contributed by atoms with van der Waals surface area (Å²) in [7, 11) is 0. The molecular formula is C25H28N4O2. The minimum Gasteiger partial charge on any atom is -0.339 e. The number of hydrogen-bond donors (Lipinski definition) is 1. The fourth-order valence-electron chi connectivity index (χ4n) is 4.15. The average Bonchev–Trinajstić information content (AvgIpc) is 2.95. The number of hydrogen-bond acceptors (Lipinski definition) is 3. The van der Waals surface area contributed by atoms with E-state index in [1.54, 1.807) is 4.68 Å². The Morgan fingerprint density at radius 3 is 2.16 bits per heavy atom. The van der Waals surface area contributed by atoms with E-state index in [1.807, 2.05) is 66.4 Å². The van der Waals surface area contributed by atoms with Gasteiger partial charge in [0, 0.05) is 31.1 Å². The molecule has 1 aliphatic heterocycles. The lowest BCUT2D eigenvalue weighted by Crippen LogP contribution is -2.31. The number of likely N-dealkylation sites (tertiary alicyclic amines) is 1. The van der Waals surface area contributed by atoms with E-state index in [0.717, 1.165) is 48.4 Å². The van der Waals surface area contributed by atoms with E-state index >= 15 is 0 Å². The van der Waals surface area contributed by atoms with Gasteiger partial charge in [0.15, 0.2) is 0 Å². The molecule has 1 fully saturated rings. The summed E-state index contributed by atoms with van der Waals surface area (Å²) in [6.45, 7) is 5.07. The molecule has 6 nitrogen and oxygen atoms in total. The van der Waals surface area contributed by atoms with E-state index in [4.69, 9.17) is 5.10 Å². The van der Waals surface area contributed by atoms with Gasteiger partial charge >= 0.3 is 0 Å². The second-order valence-electron chi connectivity index (χ2n) is 8.02. The van der Waals surface area contributed by atoms with Crippen molar-refractivity contribution in [3.05, 3.63) is 65.9 Å². The summed E-state index contributed by atoms with van der Waals surface area (Å²) in [6, 6.07) is 17.4. The van der Waals surface area contributed by atoms with Crippen LogP contribution in [0.25, 0.3) is 16.8 Å². The largest absolute Gasteiger partial charge is 0.339 e. The first-order chi connectivity index (χ1) is 15.0. The number of nitrogens with zero attached hydrogens (tertiary/aromatic N) is 3. The number of nitrogens with one attached hydrogen (secondary N) is 1. The monoisotopic (exact) mass is 416 g/mol. The van der Waals surface area contributed by atoms with Gasteiger partial charge < -0.3 is 10.2 Å². The van der Waals surface area contributed by atoms with E-state index in [1.165, 1.54) is 19.8 Å². The van der Waals surface area contributed by atoms with Crippen LogP contribution in [0.1, 0.15) is 48.7 Å². The number of aromatic nitrogens is 2. The molecule has 0 bridgehead atoms. The molecule has 1 aromatic heterocycles. The lowest BCUT2D eigenvalue weighted by molar-refractivity contribution is -0.114. The van der Waals surface area contributed by atoms with Crippen LogP contribution in [0.2, 0.25) is 0 Å². The first-order valence-electron chi connectivity index (χ1n) is 10.9. The van der Waals surface area contributed by atoms with Gasteiger partial charge in [-0.2, -0.15) is 5.10 Å². The summed E-state index contributed by atoms with van der Waals surface area (Å²) in [6.07, 6.45) is 4.52. The molecule has 0 unspecified atom stereocenters. The van der Waals surface area contributed by atoms with Crippen molar-refractivity contribution in [3.63, 3.8) is 0 Å². The molecule has 2 aromatic carbocycles. The highest BCUT2D eigenvalue weighted by atomic mass is 16.2. The van der Waals surface area contributed by atoms with Crippen LogP contribution in [0, 0.1) is 6.92 Å². The molecule has 1 saturated heterocycles. The van der Waals surface area contributed by atoms with Crippen LogP contribution in [-0.2, 0) is 4.79 Å². The Bertz CT molecular complexity index is 1060. The molecule has 160 valence electrons. The van der Waals surface area contributed by atoms with E-state index in [2.05, 4.69) is 5.32 Å². The smallest absolute Gasteiger partial charge is 0.253 e. The minimum atomic E-state index is -0.161. The van der Waals surface area contributed by atoms with Crippen molar-refractivity contribution in [2.24, 2.45) is 0 Å². The van der Waals surface area contributed by atoms with Crippen molar-refractivity contribution in [1.29, 1.82) is 0 Å². The number of aryl methyl sites for hydroxylation is 1. The molecule has 1 N–H and O–H groups in total. The number of amides is 2. The molecule has 1 aliphatic rings. The maximum atomic E-state index is 12.9. The Kier molecular flexibility index (Phi) is 6.16. The fraction of sp³-hybridized carbons (Fsp3) is 0.320. The number of rotatable bonds is 4. The molecular weight excluding hydrogens is 388 g/mol. The molecule has 0 radical (unpaired) electrons. The van der Waals surface area contributed by atoms with E-state index < -0.39 is 0 Å². The first kappa shape index (κ1) is 20.8. The highest BCUT2D eigenvalue weighted by Gasteiger charge is 2.20. The Morgan fingerprint density at radius 1 is 0.903 bits per heavy atom. The quantitative estimate of drug-likeness (QED) is 0.663. The van der Waals surface area contributed by atoms with Gasteiger partial charge in [-0.15, -0.1) is 0 Å². The van der Waals surface area contributed by atoms with Crippen molar-refractivity contribution in [3.8, 4) is 16.8 Å². The van der Waals surface area contributed by atoms with Gasteiger partial charge in [0.2, 0.25) is 5.91 Å². The van der Waals surface area contributed by atoms with Gasteiger partial charge in [-0.25, -0.2) is 4.68 Å². The molecule has 0 spiro atoms. The summed E-state index contributed by atoms with van der Waals surface area (Å²) < 4.78 is 1.74. The topological polar surface area (TPSA) is 67.2 Å². The lowest BCUT2D eigenvalue weighted by atomic mass is 10.1. The van der Waals surface area contributed by atoms with Crippen LogP contribution >= 0.6 is 0 Å². The van der Waals surface area contributed by atoms with E-state index in [-0.39, 0.29) is 11.8 Å². The van der Waals surface area contributed by atoms with Crippen LogP contribution in [0.5, 0.6) is 0 Å². The SMILES string of the molecule is CC(=O)Nc1c(-c2ccccc2)c(C)nn1-c1ccc(C(=O)N2CCCCCC2)cc1. The van der Waals surface area contributed by atoms with Gasteiger partial charge in [0.05, 0.1) is 11.4 Å². The summed E-state index contributed by atoms with van der Waals surface area (Å²) in [5.74, 6) is 0.547. The molecule has 0 atom stereocenters. The third kappa shape index (κ3) is 4.53. The maximum absolute atomic E-state index is 12.9. The predicted octanol–water partition coefficient (Wildman–Crippen LogP) is 4.82. The molecule has 6 heteroatoms. The highest BCUT2D eigenvalue weighted by molar-refractivity contribution is 5.95. The predicted molar refractivity (Wildman–Crippen MR) is 122 cm³/mol. The number of anilines is 1. The lowest BCUT2D eigenvalue weighted by Gasteiger charge is -2.20. The van der Waals surface area contributed by atoms with Gasteiger partial charge in [-0.05, 0) is 49.6 Å². The van der Waals surface area contributed by atoms with Gasteiger partial charge in [-0.3, -0.25) is 9.59 Å². The fourth-order valence-corrected chi connectivity index (χ4v) is 4.15. The van der Waals surface area contributed by atoms with Gasteiger partial charge in [-0.1, -0.05) is 43.2 Å². The van der Waals surface area contributed by atoms with Crippen LogP contribution in [0.15, 0.2) is 54.6 Å². The normalized spacial score (nSPS) is 14.2. The van der Waals surface area contributed by atoms with Gasteiger partial charge in [0.25, 0.3) is 5.91 Å². The van der Waals surface area contributed by atoms with Crippen LogP contribution in [0.3, 0.4) is 0 Å². The third-order valence-electron chi connectivity index (χ3n) is 5.67. The first-order valence-corrected chi connectivity index (χ1v) is 10.9. The number of benzene rings is 2. The Balaban J connectivity index is 1.68. The average molecular weight is 417 g/mol. The molecule has 3 aromatic rings. The van der Waals surface area contributed by atoms with Crippen molar-refractivity contribution < 1.29 is 9.59 Å². The zero-order chi connectivity index (χ0) is 21.8. The standard InChI is InChI=1S/C25H28N4O2/c1-18-23(20-10-6-5-7-11-20)24(26-19(2)30)29(27-18)22-14-12-21(13-15-22)25(31)28-16-8-3-4-9-17-28/h5-7,10-15H,3-4,8-9,16-17H2,1-2H3,(H,26,30). The van der Waals surface area contributed by atoms with Crippen LogP contribution in [-0.4, -0.2) is 39.6 Å². The van der Waals surface area contributed by atoms with Crippen molar-refractivity contribution in [2.45, 2.75) is 39.5 Å². The van der Waals surface area contributed by atoms with Crippen LogP contribution < -0.4 is 5.32 Å². The minimum absolute atomic E-state index is 0.0807. The highest BCUT2D eigenvalue weighted by Crippen LogP contribution is 2.33. The zero-order valence-electron chi connectivity index (χ0n) is 18.1. The maximum Gasteiger partial charge on any atom is 0.253 e. The summed E-state index contributed by atoms with van der Waals surface area (Å²) in [4.78, 5) is 26.8. The van der Waals surface area contributed by atoms with Crippen molar-refractivity contribution >= 4 is 17.6 Å². The molecule has 4 rings (SSSR count). The number of carbonyl (C=O) groups excluding carboxylic acids is 2. The molecule has 2 heterocycles. The zero-order valence-corrected chi connectivity index (χ0v) is 18.1. The van der Waals surface area contributed by atoms with Crippen molar-refractivity contribution in [2.75, 3.05) is 18.4 Å². The Labute approximate surface area is 182 Å². The third-order valence-corrected chi connectivity index (χ3v) is 5.67. The van der Waals surface area contributed by atoms with E-state index in [9.17, 15) is 9.59 Å². The molecule has 2 amide bonds. The second-order valence-corrected chi connectivity index (χ2v) is 8.02. The number of carbonyl (C=O) groups is 2. The molecule has 31 heavy (non-hydrogen) atoms. The molecule has 0 saturated carbocycles. The molecule has 0 aliphatic carbocycles. The summed E-state index contributed by atoms with van der Waals surface area (Å²) >= 11 is 0. The van der Waals surface area contributed by atoms with E-state index in [0.29, 0.717) is 11.4 Å². The van der Waals surface area contributed by atoms with Gasteiger partial charge in [0.1, 0.15) is 5.82 Å². The van der Waals surface area contributed by atoms with Crippen molar-refractivity contribution in [1.82, 2.24) is 14.7 Å². The Morgan fingerprint density at radius 2 is 1.55 bits per heavy atom. The summed E-state index contributed by atoms with van der Waals surface area (Å²) in [5.41, 5.74) is 4.17. The van der Waals surface area contributed by atoms with Crippen LogP contribution in [0.4, 0.5) is 5.82 Å². The summed E-state index contributed by atoms with van der Waals surface area (Å²) in [5, 5.41) is 7.64. The second kappa shape index (κ2) is 9.16.